The Morgan fingerprint density at radius 1 is 1.09 bits per heavy atom. The number of amidine groups is 1. The van der Waals surface area contributed by atoms with Gasteiger partial charge in [0.2, 0.25) is 5.91 Å². The van der Waals surface area contributed by atoms with Gasteiger partial charge in [0.1, 0.15) is 5.25 Å². The third-order valence-corrected chi connectivity index (χ3v) is 8.05. The van der Waals surface area contributed by atoms with E-state index in [1.807, 2.05) is 66.7 Å². The van der Waals surface area contributed by atoms with Gasteiger partial charge in [0.25, 0.3) is 5.91 Å². The largest absolute Gasteiger partial charge is 0.326 e. The van der Waals surface area contributed by atoms with Crippen molar-refractivity contribution in [1.82, 2.24) is 5.01 Å². The highest BCUT2D eigenvalue weighted by atomic mass is 32.2. The number of thioether (sulfide) groups is 1. The molecule has 1 N–H and O–H groups in total. The topological polar surface area (TPSA) is 74.1 Å². The van der Waals surface area contributed by atoms with Crippen LogP contribution in [0.25, 0.3) is 0 Å². The molecular weight excluding hydrogens is 464 g/mol. The van der Waals surface area contributed by atoms with Crippen LogP contribution in [-0.4, -0.2) is 33.0 Å². The number of aryl methyl sites for hydroxylation is 2. The van der Waals surface area contributed by atoms with Gasteiger partial charge in [-0.1, -0.05) is 54.2 Å². The summed E-state index contributed by atoms with van der Waals surface area (Å²) in [5.41, 5.74) is 5.10. The molecule has 3 aromatic rings. The smallest absolute Gasteiger partial charge is 0.262 e. The molecule has 0 bridgehead atoms. The van der Waals surface area contributed by atoms with E-state index in [0.717, 1.165) is 33.8 Å². The molecule has 0 aliphatic carbocycles. The van der Waals surface area contributed by atoms with Crippen LogP contribution in [0, 0.1) is 13.8 Å². The monoisotopic (exact) mass is 488 g/mol. The van der Waals surface area contributed by atoms with E-state index in [-0.39, 0.29) is 24.3 Å². The highest BCUT2D eigenvalue weighted by Crippen LogP contribution is 2.39. The van der Waals surface area contributed by atoms with Gasteiger partial charge in [-0.3, -0.25) is 9.59 Å². The second-order valence-electron chi connectivity index (χ2n) is 8.39. The van der Waals surface area contributed by atoms with Crippen LogP contribution in [0.2, 0.25) is 0 Å². The van der Waals surface area contributed by atoms with E-state index in [1.165, 1.54) is 17.3 Å². The van der Waals surface area contributed by atoms with Crippen molar-refractivity contribution in [3.05, 3.63) is 87.6 Å². The minimum absolute atomic E-state index is 0.0412. The normalized spacial score (nSPS) is 19.8. The van der Waals surface area contributed by atoms with Crippen molar-refractivity contribution in [3.8, 4) is 0 Å². The zero-order valence-corrected chi connectivity index (χ0v) is 20.5. The highest BCUT2D eigenvalue weighted by molar-refractivity contribution is 8.15. The van der Waals surface area contributed by atoms with E-state index in [2.05, 4.69) is 28.5 Å². The van der Waals surface area contributed by atoms with Crippen LogP contribution in [-0.2, 0) is 9.59 Å². The average Bonchev–Trinajstić information content (AvgIpc) is 3.57. The van der Waals surface area contributed by atoms with E-state index in [4.69, 9.17) is 5.10 Å². The molecule has 0 fully saturated rings. The molecule has 2 aliphatic rings. The SMILES string of the molecule is Cc1ccc(NC(=O)C[C@@H]2SC(N3N=C(c4cccs4)C[C@H]3c3ccccc3)=NC2=O)cc1C. The summed E-state index contributed by atoms with van der Waals surface area (Å²) >= 11 is 2.97. The molecule has 8 heteroatoms. The molecule has 3 heterocycles. The van der Waals surface area contributed by atoms with Crippen molar-refractivity contribution >= 4 is 51.5 Å². The van der Waals surface area contributed by atoms with Gasteiger partial charge in [0, 0.05) is 18.5 Å². The Balaban J connectivity index is 1.31. The van der Waals surface area contributed by atoms with Crippen molar-refractivity contribution < 1.29 is 9.59 Å². The maximum Gasteiger partial charge on any atom is 0.262 e. The maximum absolute atomic E-state index is 12.7. The van der Waals surface area contributed by atoms with Gasteiger partial charge in [-0.15, -0.1) is 11.3 Å². The van der Waals surface area contributed by atoms with Gasteiger partial charge in [-0.25, -0.2) is 5.01 Å². The fraction of sp³-hybridized carbons (Fsp3) is 0.231. The van der Waals surface area contributed by atoms with Gasteiger partial charge in [0.15, 0.2) is 5.17 Å². The van der Waals surface area contributed by atoms with E-state index in [1.54, 1.807) is 11.3 Å². The second kappa shape index (κ2) is 9.56. The number of hydrogen-bond acceptors (Lipinski definition) is 6. The first kappa shape index (κ1) is 22.6. The number of carbonyl (C=O) groups is 2. The van der Waals surface area contributed by atoms with Gasteiger partial charge in [-0.2, -0.15) is 10.1 Å². The number of anilines is 1. The molecule has 2 aliphatic heterocycles. The van der Waals surface area contributed by atoms with E-state index < -0.39 is 5.25 Å². The quantitative estimate of drug-likeness (QED) is 0.512. The van der Waals surface area contributed by atoms with Crippen molar-refractivity contribution in [3.63, 3.8) is 0 Å². The predicted molar refractivity (Wildman–Crippen MR) is 139 cm³/mol. The summed E-state index contributed by atoms with van der Waals surface area (Å²) < 4.78 is 0. The molecule has 2 aromatic carbocycles. The third-order valence-electron chi connectivity index (χ3n) is 5.99. The Morgan fingerprint density at radius 3 is 2.65 bits per heavy atom. The second-order valence-corrected chi connectivity index (χ2v) is 10.5. The molecule has 172 valence electrons. The number of amides is 2. The Hall–Kier alpha value is -3.23. The summed E-state index contributed by atoms with van der Waals surface area (Å²) in [5.74, 6) is -0.490. The third kappa shape index (κ3) is 4.69. The van der Waals surface area contributed by atoms with E-state index in [0.29, 0.717) is 5.17 Å². The van der Waals surface area contributed by atoms with Crippen LogP contribution in [0.1, 0.15) is 40.5 Å². The number of hydrogen-bond donors (Lipinski definition) is 1. The number of carbonyl (C=O) groups excluding carboxylic acids is 2. The number of nitrogens with one attached hydrogen (secondary N) is 1. The van der Waals surface area contributed by atoms with Gasteiger partial charge >= 0.3 is 0 Å². The molecule has 0 unspecified atom stereocenters. The van der Waals surface area contributed by atoms with Gasteiger partial charge in [-0.05, 0) is 54.1 Å². The summed E-state index contributed by atoms with van der Waals surface area (Å²) in [6.45, 7) is 4.03. The Kier molecular flexibility index (Phi) is 6.34. The number of nitrogens with zero attached hydrogens (tertiary/aromatic N) is 3. The molecule has 34 heavy (non-hydrogen) atoms. The van der Waals surface area contributed by atoms with Crippen LogP contribution in [0.4, 0.5) is 5.69 Å². The summed E-state index contributed by atoms with van der Waals surface area (Å²) in [6.07, 6.45) is 0.797. The first-order chi connectivity index (χ1) is 16.5. The number of thiophene rings is 1. The first-order valence-electron chi connectivity index (χ1n) is 11.1. The lowest BCUT2D eigenvalue weighted by molar-refractivity contribution is -0.121. The molecule has 2 atom stereocenters. The number of benzene rings is 2. The lowest BCUT2D eigenvalue weighted by Gasteiger charge is -2.23. The molecule has 6 nitrogen and oxygen atoms in total. The highest BCUT2D eigenvalue weighted by Gasteiger charge is 2.39. The number of rotatable bonds is 5. The average molecular weight is 489 g/mol. The molecule has 0 saturated carbocycles. The van der Waals surface area contributed by atoms with Crippen molar-refractivity contribution in [2.45, 2.75) is 38.0 Å². The molecule has 1 aromatic heterocycles. The minimum Gasteiger partial charge on any atom is -0.326 e. The summed E-state index contributed by atoms with van der Waals surface area (Å²) in [6, 6.07) is 20.0. The van der Waals surface area contributed by atoms with Gasteiger partial charge in [0.05, 0.1) is 16.6 Å². The lowest BCUT2D eigenvalue weighted by atomic mass is 10.0. The van der Waals surface area contributed by atoms with Crippen LogP contribution in [0.3, 0.4) is 0 Å². The zero-order chi connectivity index (χ0) is 23.7. The van der Waals surface area contributed by atoms with Crippen LogP contribution in [0.5, 0.6) is 0 Å². The van der Waals surface area contributed by atoms with E-state index >= 15 is 0 Å². The van der Waals surface area contributed by atoms with Crippen molar-refractivity contribution in [2.75, 3.05) is 5.32 Å². The summed E-state index contributed by atoms with van der Waals surface area (Å²) in [7, 11) is 0. The van der Waals surface area contributed by atoms with Crippen molar-refractivity contribution in [2.24, 2.45) is 10.1 Å². The fourth-order valence-electron chi connectivity index (χ4n) is 4.02. The number of hydrazone groups is 1. The molecule has 0 radical (unpaired) electrons. The molecular formula is C26H24N4O2S2. The summed E-state index contributed by atoms with van der Waals surface area (Å²) in [5, 5.41) is 11.7. The number of aliphatic imine (C=N–C) groups is 1. The standard InChI is InChI=1S/C26H24N4O2S2/c1-16-10-11-19(13-17(16)2)27-24(31)15-23-25(32)28-26(34-23)30-21(18-7-4-3-5-8-18)14-20(29-30)22-9-6-12-33-22/h3-13,21,23H,14-15H2,1-2H3,(H,27,31)/t21-,23-/m0/s1. The maximum atomic E-state index is 12.7. The van der Waals surface area contributed by atoms with Crippen LogP contribution < -0.4 is 5.32 Å². The van der Waals surface area contributed by atoms with Gasteiger partial charge < -0.3 is 5.32 Å². The molecule has 5 rings (SSSR count). The Labute approximate surface area is 206 Å². The zero-order valence-electron chi connectivity index (χ0n) is 18.9. The lowest BCUT2D eigenvalue weighted by Crippen LogP contribution is -2.25. The van der Waals surface area contributed by atoms with Crippen LogP contribution >= 0.6 is 23.1 Å². The first-order valence-corrected chi connectivity index (χ1v) is 12.9. The van der Waals surface area contributed by atoms with E-state index in [9.17, 15) is 9.59 Å². The minimum atomic E-state index is -0.557. The fourth-order valence-corrected chi connectivity index (χ4v) is 5.80. The van der Waals surface area contributed by atoms with Crippen molar-refractivity contribution in [1.29, 1.82) is 0 Å². The predicted octanol–water partition coefficient (Wildman–Crippen LogP) is 5.54. The summed E-state index contributed by atoms with van der Waals surface area (Å²) in [4.78, 5) is 30.8. The Bertz CT molecular complexity index is 1290. The molecule has 0 spiro atoms. The van der Waals surface area contributed by atoms with Crippen LogP contribution in [0.15, 0.2) is 76.1 Å². The Morgan fingerprint density at radius 2 is 1.91 bits per heavy atom. The molecule has 2 amide bonds. The molecule has 0 saturated heterocycles.